The van der Waals surface area contributed by atoms with Gasteiger partial charge in [0, 0.05) is 27.5 Å². The number of methoxy groups -OCH3 is 1. The number of nitrogens with one attached hydrogen (secondary N) is 1. The average molecular weight is 326 g/mol. The van der Waals surface area contributed by atoms with Crippen LogP contribution in [0.15, 0.2) is 24.3 Å². The van der Waals surface area contributed by atoms with Crippen LogP contribution in [0.5, 0.6) is 5.75 Å². The number of hydrogen-bond acceptors (Lipinski definition) is 4. The van der Waals surface area contributed by atoms with E-state index in [0.717, 1.165) is 27.9 Å². The molecule has 0 aromatic heterocycles. The van der Waals surface area contributed by atoms with Gasteiger partial charge < -0.3 is 10.1 Å². The lowest BCUT2D eigenvalue weighted by atomic mass is 10.0. The molecule has 1 aromatic carbocycles. The lowest BCUT2D eigenvalue weighted by Crippen LogP contribution is -2.42. The normalized spacial score (nSPS) is 27.3. The molecule has 21 heavy (non-hydrogen) atoms. The highest BCUT2D eigenvalue weighted by atomic mass is 32.2. The third-order valence-corrected chi connectivity index (χ3v) is 7.85. The summed E-state index contributed by atoms with van der Waals surface area (Å²) in [6.07, 6.45) is 2.32. The summed E-state index contributed by atoms with van der Waals surface area (Å²) in [6.45, 7) is 4.72. The van der Waals surface area contributed by atoms with Crippen LogP contribution in [0.3, 0.4) is 0 Å². The number of benzene rings is 1. The van der Waals surface area contributed by atoms with Gasteiger partial charge in [0.2, 0.25) is 0 Å². The van der Waals surface area contributed by atoms with Crippen molar-refractivity contribution in [3.63, 3.8) is 0 Å². The van der Waals surface area contributed by atoms with Crippen molar-refractivity contribution in [1.82, 2.24) is 5.32 Å². The van der Waals surface area contributed by atoms with E-state index >= 15 is 0 Å². The second-order valence-corrected chi connectivity index (χ2v) is 8.73. The Morgan fingerprint density at radius 2 is 1.95 bits per heavy atom. The first-order valence-electron chi connectivity index (χ1n) is 7.71. The number of ether oxygens (including phenoxy) is 1. The molecule has 1 fully saturated rings. The van der Waals surface area contributed by atoms with Crippen molar-refractivity contribution in [3.05, 3.63) is 29.8 Å². The third-order valence-electron chi connectivity index (χ3n) is 4.30. The smallest absolute Gasteiger partial charge is 0.118 e. The van der Waals surface area contributed by atoms with Gasteiger partial charge >= 0.3 is 0 Å². The summed E-state index contributed by atoms with van der Waals surface area (Å²) in [5, 5.41) is 5.81. The molecule has 1 heterocycles. The Bertz CT molecular complexity index is 423. The maximum absolute atomic E-state index is 5.21. The molecule has 0 saturated carbocycles. The SMILES string of the molecule is CNC(CCc1ccc(OC)cc1)C1CSC(C)C(C)S1. The first-order valence-corrected chi connectivity index (χ1v) is 9.70. The Morgan fingerprint density at radius 1 is 1.24 bits per heavy atom. The van der Waals surface area contributed by atoms with Gasteiger partial charge in [-0.25, -0.2) is 0 Å². The van der Waals surface area contributed by atoms with Crippen LogP contribution in [0.1, 0.15) is 25.8 Å². The summed E-state index contributed by atoms with van der Waals surface area (Å²) >= 11 is 4.29. The molecule has 4 heteroatoms. The Morgan fingerprint density at radius 3 is 2.52 bits per heavy atom. The zero-order chi connectivity index (χ0) is 15.2. The van der Waals surface area contributed by atoms with E-state index in [4.69, 9.17) is 4.74 Å². The molecule has 2 rings (SSSR count). The fourth-order valence-corrected chi connectivity index (χ4v) is 5.86. The Balaban J connectivity index is 1.87. The topological polar surface area (TPSA) is 21.3 Å². The first kappa shape index (κ1) is 17.0. The van der Waals surface area contributed by atoms with E-state index in [2.05, 4.69) is 74.0 Å². The first-order chi connectivity index (χ1) is 10.1. The van der Waals surface area contributed by atoms with Crippen molar-refractivity contribution in [2.45, 2.75) is 48.5 Å². The molecule has 118 valence electrons. The Hall–Kier alpha value is -0.320. The van der Waals surface area contributed by atoms with E-state index < -0.39 is 0 Å². The number of rotatable bonds is 6. The van der Waals surface area contributed by atoms with Crippen molar-refractivity contribution in [1.29, 1.82) is 0 Å². The highest BCUT2D eigenvalue weighted by molar-refractivity contribution is 8.07. The molecule has 2 nitrogen and oxygen atoms in total. The van der Waals surface area contributed by atoms with Gasteiger partial charge in [0.15, 0.2) is 0 Å². The molecule has 1 aliphatic heterocycles. The van der Waals surface area contributed by atoms with Gasteiger partial charge in [-0.2, -0.15) is 23.5 Å². The quantitative estimate of drug-likeness (QED) is 0.857. The summed E-state index contributed by atoms with van der Waals surface area (Å²) < 4.78 is 5.21. The highest BCUT2D eigenvalue weighted by Crippen LogP contribution is 2.37. The lowest BCUT2D eigenvalue weighted by Gasteiger charge is -2.36. The predicted molar refractivity (Wildman–Crippen MR) is 96.9 cm³/mol. The van der Waals surface area contributed by atoms with Crippen LogP contribution in [0.4, 0.5) is 0 Å². The van der Waals surface area contributed by atoms with Gasteiger partial charge in [-0.15, -0.1) is 0 Å². The minimum absolute atomic E-state index is 0.597. The fourth-order valence-electron chi connectivity index (χ4n) is 2.65. The summed E-state index contributed by atoms with van der Waals surface area (Å²) in [6, 6.07) is 9.06. The molecule has 0 spiro atoms. The molecule has 1 aliphatic rings. The summed E-state index contributed by atoms with van der Waals surface area (Å²) in [5.41, 5.74) is 1.39. The Kier molecular flexibility index (Phi) is 6.77. The van der Waals surface area contributed by atoms with Crippen molar-refractivity contribution in [2.24, 2.45) is 0 Å². The molecule has 0 bridgehead atoms. The molecule has 0 radical (unpaired) electrons. The molecular formula is C17H27NOS2. The van der Waals surface area contributed by atoms with Crippen molar-refractivity contribution in [2.75, 3.05) is 19.9 Å². The largest absolute Gasteiger partial charge is 0.497 e. The molecule has 0 amide bonds. The minimum Gasteiger partial charge on any atom is -0.497 e. The van der Waals surface area contributed by atoms with Gasteiger partial charge in [0.1, 0.15) is 5.75 Å². The number of thioether (sulfide) groups is 2. The second-order valence-electron chi connectivity index (χ2n) is 5.70. The average Bonchev–Trinajstić information content (AvgIpc) is 2.52. The van der Waals surface area contributed by atoms with Crippen LogP contribution in [-0.4, -0.2) is 41.7 Å². The lowest BCUT2D eigenvalue weighted by molar-refractivity contribution is 0.414. The van der Waals surface area contributed by atoms with Crippen LogP contribution in [0, 0.1) is 0 Å². The van der Waals surface area contributed by atoms with E-state index in [1.165, 1.54) is 17.7 Å². The fraction of sp³-hybridized carbons (Fsp3) is 0.647. The van der Waals surface area contributed by atoms with Crippen LogP contribution < -0.4 is 10.1 Å². The van der Waals surface area contributed by atoms with Gasteiger partial charge in [-0.3, -0.25) is 0 Å². The molecule has 0 aliphatic carbocycles. The van der Waals surface area contributed by atoms with E-state index in [0.29, 0.717) is 6.04 Å². The zero-order valence-corrected chi connectivity index (χ0v) is 15.1. The van der Waals surface area contributed by atoms with Gasteiger partial charge in [-0.1, -0.05) is 26.0 Å². The molecule has 1 saturated heterocycles. The molecule has 4 atom stereocenters. The van der Waals surface area contributed by atoms with Crippen LogP contribution in [0.2, 0.25) is 0 Å². The molecular weight excluding hydrogens is 298 g/mol. The molecule has 1 aromatic rings. The number of aryl methyl sites for hydroxylation is 1. The third kappa shape index (κ3) is 4.83. The number of hydrogen-bond donors (Lipinski definition) is 1. The van der Waals surface area contributed by atoms with Crippen molar-refractivity contribution in [3.8, 4) is 5.75 Å². The van der Waals surface area contributed by atoms with E-state index in [-0.39, 0.29) is 0 Å². The molecule has 4 unspecified atom stereocenters. The Labute approximate surface area is 137 Å². The van der Waals surface area contributed by atoms with Gasteiger partial charge in [0.25, 0.3) is 0 Å². The van der Waals surface area contributed by atoms with Gasteiger partial charge in [0.05, 0.1) is 7.11 Å². The zero-order valence-electron chi connectivity index (χ0n) is 13.5. The van der Waals surface area contributed by atoms with E-state index in [1.54, 1.807) is 7.11 Å². The van der Waals surface area contributed by atoms with E-state index in [9.17, 15) is 0 Å². The van der Waals surface area contributed by atoms with Crippen LogP contribution in [0.25, 0.3) is 0 Å². The minimum atomic E-state index is 0.597. The van der Waals surface area contributed by atoms with Crippen molar-refractivity contribution >= 4 is 23.5 Å². The maximum Gasteiger partial charge on any atom is 0.118 e. The highest BCUT2D eigenvalue weighted by Gasteiger charge is 2.30. The predicted octanol–water partition coefficient (Wildman–Crippen LogP) is 3.84. The van der Waals surface area contributed by atoms with Crippen LogP contribution in [-0.2, 0) is 6.42 Å². The monoisotopic (exact) mass is 325 g/mol. The van der Waals surface area contributed by atoms with Gasteiger partial charge in [-0.05, 0) is 37.6 Å². The van der Waals surface area contributed by atoms with Crippen molar-refractivity contribution < 1.29 is 4.74 Å². The summed E-state index contributed by atoms with van der Waals surface area (Å²) in [7, 11) is 3.82. The van der Waals surface area contributed by atoms with Crippen LogP contribution >= 0.6 is 23.5 Å². The second kappa shape index (κ2) is 8.35. The summed E-state index contributed by atoms with van der Waals surface area (Å²) in [4.78, 5) is 0. The standard InChI is InChI=1S/C17H27NOS2/c1-12-13(2)21-17(11-20-12)16(18-3)10-7-14-5-8-15(19-4)9-6-14/h5-6,8-9,12-13,16-18H,7,10-11H2,1-4H3. The molecule has 1 N–H and O–H groups in total. The maximum atomic E-state index is 5.21. The summed E-state index contributed by atoms with van der Waals surface area (Å²) in [5.74, 6) is 2.20. The van der Waals surface area contributed by atoms with E-state index in [1.807, 2.05) is 0 Å².